The van der Waals surface area contributed by atoms with Crippen molar-refractivity contribution in [2.24, 2.45) is 5.73 Å². The summed E-state index contributed by atoms with van der Waals surface area (Å²) in [5.74, 6) is 0.949. The topological polar surface area (TPSA) is 70.1 Å². The van der Waals surface area contributed by atoms with Crippen LogP contribution in [0.1, 0.15) is 44.6 Å². The van der Waals surface area contributed by atoms with E-state index in [1.54, 1.807) is 6.07 Å². The van der Waals surface area contributed by atoms with Crippen molar-refractivity contribution in [1.29, 1.82) is 0 Å². The molecule has 0 radical (unpaired) electrons. The van der Waals surface area contributed by atoms with E-state index in [9.17, 15) is 9.18 Å². The fraction of sp³-hybridized carbons (Fsp3) is 0.444. The number of hydrogen-bond donors (Lipinski definition) is 1. The van der Waals surface area contributed by atoms with Gasteiger partial charge in [0.25, 0.3) is 0 Å². The fourth-order valence-corrected chi connectivity index (χ4v) is 3.82. The third-order valence-electron chi connectivity index (χ3n) is 3.69. The highest BCUT2D eigenvalue weighted by Crippen LogP contribution is 2.35. The largest absolute Gasteiger partial charge is 0.450 e. The number of nitrogens with zero attached hydrogens (tertiary/aromatic N) is 2. The van der Waals surface area contributed by atoms with E-state index in [1.165, 1.54) is 23.9 Å². The van der Waals surface area contributed by atoms with Crippen LogP contribution in [0.5, 0.6) is 0 Å². The molecule has 0 fully saturated rings. The first-order valence-corrected chi connectivity index (χ1v) is 9.19. The average molecular weight is 365 g/mol. The van der Waals surface area contributed by atoms with Crippen LogP contribution in [0.3, 0.4) is 0 Å². The number of nitrogens with two attached hydrogens (primary N) is 1. The van der Waals surface area contributed by atoms with Gasteiger partial charge in [0, 0.05) is 17.9 Å². The van der Waals surface area contributed by atoms with E-state index in [4.69, 9.17) is 15.5 Å². The molecule has 0 bridgehead atoms. The number of hydrogen-bond acceptors (Lipinski definition) is 4. The van der Waals surface area contributed by atoms with Crippen molar-refractivity contribution >= 4 is 17.9 Å². The Morgan fingerprint density at radius 1 is 1.44 bits per heavy atom. The van der Waals surface area contributed by atoms with Crippen LogP contribution < -0.4 is 5.73 Å². The smallest absolute Gasteiger partial charge is 0.404 e. The maximum absolute atomic E-state index is 13.5. The summed E-state index contributed by atoms with van der Waals surface area (Å²) in [5.41, 5.74) is 5.98. The molecule has 2 rings (SSSR count). The van der Waals surface area contributed by atoms with E-state index >= 15 is 0 Å². The minimum atomic E-state index is -0.760. The maximum Gasteiger partial charge on any atom is 0.404 e. The number of imidazole rings is 1. The zero-order valence-electron chi connectivity index (χ0n) is 14.8. The lowest BCUT2D eigenvalue weighted by Crippen LogP contribution is -2.14. The number of aryl methyl sites for hydroxylation is 1. The minimum Gasteiger partial charge on any atom is -0.450 e. The maximum atomic E-state index is 13.5. The number of aromatic nitrogens is 2. The molecule has 5 nitrogen and oxygen atoms in total. The third-order valence-corrected chi connectivity index (χ3v) is 4.80. The average Bonchev–Trinajstić information content (AvgIpc) is 2.89. The predicted octanol–water partition coefficient (Wildman–Crippen LogP) is 4.34. The molecule has 0 atom stereocenters. The number of rotatable bonds is 8. The van der Waals surface area contributed by atoms with Gasteiger partial charge in [0.15, 0.2) is 0 Å². The number of carbonyl (C=O) groups is 1. The lowest BCUT2D eigenvalue weighted by atomic mass is 10.1. The number of halogens is 1. The van der Waals surface area contributed by atoms with E-state index < -0.39 is 6.09 Å². The van der Waals surface area contributed by atoms with Gasteiger partial charge in [-0.2, -0.15) is 0 Å². The van der Waals surface area contributed by atoms with Crippen molar-refractivity contribution in [3.63, 3.8) is 0 Å². The molecular weight excluding hydrogens is 341 g/mol. The van der Waals surface area contributed by atoms with Gasteiger partial charge in [0.1, 0.15) is 16.7 Å². The first kappa shape index (κ1) is 19.3. The van der Waals surface area contributed by atoms with Crippen molar-refractivity contribution in [2.45, 2.75) is 56.0 Å². The van der Waals surface area contributed by atoms with Crippen LogP contribution in [0.2, 0.25) is 0 Å². The Morgan fingerprint density at radius 3 is 2.80 bits per heavy atom. The van der Waals surface area contributed by atoms with Crippen molar-refractivity contribution in [1.82, 2.24) is 9.55 Å². The quantitative estimate of drug-likeness (QED) is 0.706. The van der Waals surface area contributed by atoms with E-state index in [0.717, 1.165) is 28.0 Å². The minimum absolute atomic E-state index is 0.248. The van der Waals surface area contributed by atoms with Gasteiger partial charge < -0.3 is 15.0 Å². The van der Waals surface area contributed by atoms with Crippen molar-refractivity contribution in [3.05, 3.63) is 41.6 Å². The predicted molar refractivity (Wildman–Crippen MR) is 96.4 cm³/mol. The Balaban J connectivity index is 2.25. The van der Waals surface area contributed by atoms with Crippen LogP contribution >= 0.6 is 11.8 Å². The molecule has 0 aliphatic rings. The van der Waals surface area contributed by atoms with Gasteiger partial charge in [-0.15, -0.1) is 0 Å². The van der Waals surface area contributed by atoms with Crippen LogP contribution in [0.15, 0.2) is 34.2 Å². The fourth-order valence-electron chi connectivity index (χ4n) is 2.55. The van der Waals surface area contributed by atoms with Crippen LogP contribution in [-0.4, -0.2) is 22.3 Å². The Labute approximate surface area is 151 Å². The highest BCUT2D eigenvalue weighted by molar-refractivity contribution is 7.99. The summed E-state index contributed by atoms with van der Waals surface area (Å²) < 4.78 is 20.4. The van der Waals surface area contributed by atoms with Crippen molar-refractivity contribution in [3.8, 4) is 0 Å². The van der Waals surface area contributed by atoms with Gasteiger partial charge in [-0.05, 0) is 37.5 Å². The third kappa shape index (κ3) is 5.22. The number of carbonyl (C=O) groups excluding carboxylic acids is 1. The number of amides is 1. The van der Waals surface area contributed by atoms with Crippen LogP contribution in [-0.2, 0) is 17.7 Å². The zero-order chi connectivity index (χ0) is 18.4. The van der Waals surface area contributed by atoms with Crippen LogP contribution in [0.25, 0.3) is 0 Å². The second-order valence-electron chi connectivity index (χ2n) is 5.95. The molecule has 1 aromatic heterocycles. The van der Waals surface area contributed by atoms with Gasteiger partial charge in [-0.3, -0.25) is 0 Å². The summed E-state index contributed by atoms with van der Waals surface area (Å²) in [4.78, 5) is 16.3. The van der Waals surface area contributed by atoms with E-state index in [2.05, 4.69) is 25.3 Å². The molecule has 1 aromatic carbocycles. The van der Waals surface area contributed by atoms with Gasteiger partial charge >= 0.3 is 6.09 Å². The second kappa shape index (κ2) is 8.89. The molecule has 0 saturated heterocycles. The van der Waals surface area contributed by atoms with E-state index in [1.807, 2.05) is 6.07 Å². The van der Waals surface area contributed by atoms with E-state index in [-0.39, 0.29) is 18.3 Å². The molecule has 7 heteroatoms. The molecule has 1 amide bonds. The van der Waals surface area contributed by atoms with Gasteiger partial charge in [-0.1, -0.05) is 31.7 Å². The molecule has 0 aliphatic heterocycles. The summed E-state index contributed by atoms with van der Waals surface area (Å²) in [6, 6.07) is 6.57. The molecule has 136 valence electrons. The summed E-state index contributed by atoms with van der Waals surface area (Å²) in [5, 5.41) is 1.04. The lowest BCUT2D eigenvalue weighted by molar-refractivity contribution is 0.155. The normalized spacial score (nSPS) is 11.1. The molecule has 0 unspecified atom stereocenters. The van der Waals surface area contributed by atoms with Crippen LogP contribution in [0.4, 0.5) is 9.18 Å². The molecule has 0 aliphatic carbocycles. The lowest BCUT2D eigenvalue weighted by Gasteiger charge is -2.11. The van der Waals surface area contributed by atoms with Gasteiger partial charge in [0.2, 0.25) is 0 Å². The highest BCUT2D eigenvalue weighted by Gasteiger charge is 2.19. The van der Waals surface area contributed by atoms with Crippen molar-refractivity contribution in [2.75, 3.05) is 6.61 Å². The molecule has 25 heavy (non-hydrogen) atoms. The molecule has 2 aromatic rings. The first-order valence-electron chi connectivity index (χ1n) is 8.37. The summed E-state index contributed by atoms with van der Waals surface area (Å²) in [7, 11) is 0. The number of primary amides is 1. The van der Waals surface area contributed by atoms with Crippen LogP contribution in [0, 0.1) is 5.82 Å². The molecule has 1 heterocycles. The first-order chi connectivity index (χ1) is 11.9. The molecule has 2 N–H and O–H groups in total. The monoisotopic (exact) mass is 365 g/mol. The zero-order valence-corrected chi connectivity index (χ0v) is 15.6. The Hall–Kier alpha value is -2.02. The highest BCUT2D eigenvalue weighted by atomic mass is 32.2. The number of ether oxygens (including phenoxy) is 1. The SMILES string of the molecule is CCn1c(CCCOC(N)=O)nc(C(C)C)c1Sc1cccc(F)c1. The number of benzene rings is 1. The standard InChI is InChI=1S/C18H24FN3O2S/c1-4-22-15(9-6-10-24-18(20)23)21-16(12(2)3)17(22)25-14-8-5-7-13(19)11-14/h5,7-8,11-12H,4,6,9-10H2,1-3H3,(H2,20,23). The molecule has 0 spiro atoms. The molecular formula is C18H24FN3O2S. The summed E-state index contributed by atoms with van der Waals surface area (Å²) in [6.07, 6.45) is 0.579. The Kier molecular flexibility index (Phi) is 6.87. The van der Waals surface area contributed by atoms with E-state index in [0.29, 0.717) is 12.8 Å². The summed E-state index contributed by atoms with van der Waals surface area (Å²) in [6.45, 7) is 7.29. The van der Waals surface area contributed by atoms with Gasteiger partial charge in [-0.25, -0.2) is 14.2 Å². The Bertz CT molecular complexity index is 731. The summed E-state index contributed by atoms with van der Waals surface area (Å²) >= 11 is 1.53. The molecule has 0 saturated carbocycles. The Morgan fingerprint density at radius 2 is 2.20 bits per heavy atom. The van der Waals surface area contributed by atoms with Gasteiger partial charge in [0.05, 0.1) is 12.3 Å². The second-order valence-corrected chi connectivity index (χ2v) is 7.01. The van der Waals surface area contributed by atoms with Crippen molar-refractivity contribution < 1.29 is 13.9 Å².